The molecule has 0 bridgehead atoms. The molecule has 0 aromatic rings. The third kappa shape index (κ3) is 7.24. The van der Waals surface area contributed by atoms with E-state index in [1.54, 1.807) is 6.92 Å². The van der Waals surface area contributed by atoms with E-state index >= 15 is 0 Å². The highest BCUT2D eigenvalue weighted by Gasteiger charge is 2.35. The molecule has 6 nitrogen and oxygen atoms in total. The largest absolute Gasteiger partial charge is 0.466 e. The Balaban J connectivity index is 2.23. The third-order valence-corrected chi connectivity index (χ3v) is 4.89. The average molecular weight is 321 g/mol. The molecule has 0 aliphatic heterocycles. The van der Waals surface area contributed by atoms with Gasteiger partial charge in [-0.1, -0.05) is 0 Å². The summed E-state index contributed by atoms with van der Waals surface area (Å²) in [6, 6.07) is 0. The van der Waals surface area contributed by atoms with Gasteiger partial charge >= 0.3 is 5.97 Å². The lowest BCUT2D eigenvalue weighted by molar-refractivity contribution is -0.151. The van der Waals surface area contributed by atoms with Crippen LogP contribution in [0.1, 0.15) is 39.0 Å². The molecular formula is C14H27NO5S. The molecule has 0 aromatic heterocycles. The molecular weight excluding hydrogens is 294 g/mol. The zero-order valence-electron chi connectivity index (χ0n) is 12.9. The van der Waals surface area contributed by atoms with Gasteiger partial charge in [-0.05, 0) is 45.6 Å². The molecule has 0 spiro atoms. The number of hydrogen-bond acceptors (Lipinski definition) is 6. The van der Waals surface area contributed by atoms with Crippen molar-refractivity contribution in [2.75, 3.05) is 31.7 Å². The lowest BCUT2D eigenvalue weighted by Gasteiger charge is -2.35. The number of aliphatic hydroxyl groups is 1. The van der Waals surface area contributed by atoms with Crippen LogP contribution in [0, 0.1) is 5.92 Å². The molecule has 1 rings (SSSR count). The van der Waals surface area contributed by atoms with Gasteiger partial charge in [0, 0.05) is 12.8 Å². The van der Waals surface area contributed by atoms with Gasteiger partial charge in [-0.15, -0.1) is 0 Å². The van der Waals surface area contributed by atoms with Gasteiger partial charge < -0.3 is 15.2 Å². The average Bonchev–Trinajstić information content (AvgIpc) is 2.38. The molecule has 7 heteroatoms. The van der Waals surface area contributed by atoms with Gasteiger partial charge in [0.1, 0.15) is 9.84 Å². The molecule has 2 N–H and O–H groups in total. The van der Waals surface area contributed by atoms with E-state index in [-0.39, 0.29) is 17.6 Å². The van der Waals surface area contributed by atoms with E-state index in [0.29, 0.717) is 51.8 Å². The molecule has 0 amide bonds. The Hall–Kier alpha value is -0.660. The second-order valence-electron chi connectivity index (χ2n) is 5.91. The summed E-state index contributed by atoms with van der Waals surface area (Å²) in [6.07, 6.45) is 4.17. The highest BCUT2D eigenvalue weighted by atomic mass is 32.2. The molecule has 0 heterocycles. The fourth-order valence-corrected chi connectivity index (χ4v) is 3.28. The van der Waals surface area contributed by atoms with Crippen LogP contribution in [0.4, 0.5) is 0 Å². The Morgan fingerprint density at radius 2 is 2.00 bits per heavy atom. The SMILES string of the molecule is CCOC(=O)C1CCC(O)(CNCCCS(C)(=O)=O)CC1. The maximum absolute atomic E-state index is 11.6. The first-order valence-corrected chi connectivity index (χ1v) is 9.59. The molecule has 1 fully saturated rings. The number of hydrogen-bond donors (Lipinski definition) is 2. The molecule has 0 unspecified atom stereocenters. The Bertz CT molecular complexity index is 427. The van der Waals surface area contributed by atoms with Crippen LogP contribution in [0.25, 0.3) is 0 Å². The number of ether oxygens (including phenoxy) is 1. The predicted molar refractivity (Wildman–Crippen MR) is 80.7 cm³/mol. The van der Waals surface area contributed by atoms with Crippen molar-refractivity contribution in [3.8, 4) is 0 Å². The molecule has 124 valence electrons. The second kappa shape index (κ2) is 8.10. The van der Waals surface area contributed by atoms with Crippen LogP contribution in [0.15, 0.2) is 0 Å². The summed E-state index contributed by atoms with van der Waals surface area (Å²) in [6.45, 7) is 3.18. The summed E-state index contributed by atoms with van der Waals surface area (Å²) in [5.74, 6) is -0.111. The fraction of sp³-hybridized carbons (Fsp3) is 0.929. The van der Waals surface area contributed by atoms with E-state index < -0.39 is 15.4 Å². The topological polar surface area (TPSA) is 92.7 Å². The minimum Gasteiger partial charge on any atom is -0.466 e. The van der Waals surface area contributed by atoms with Crippen molar-refractivity contribution in [3.63, 3.8) is 0 Å². The number of carbonyl (C=O) groups excluding carboxylic acids is 1. The number of carbonyl (C=O) groups is 1. The summed E-state index contributed by atoms with van der Waals surface area (Å²) in [5.41, 5.74) is -0.798. The van der Waals surface area contributed by atoms with Gasteiger partial charge in [-0.25, -0.2) is 8.42 Å². The van der Waals surface area contributed by atoms with Crippen LogP contribution in [-0.2, 0) is 19.4 Å². The van der Waals surface area contributed by atoms with Crippen molar-refractivity contribution < 1.29 is 23.1 Å². The van der Waals surface area contributed by atoms with Gasteiger partial charge in [0.25, 0.3) is 0 Å². The van der Waals surface area contributed by atoms with Crippen LogP contribution < -0.4 is 5.32 Å². The predicted octanol–water partition coefficient (Wildman–Crippen LogP) is 0.495. The van der Waals surface area contributed by atoms with E-state index in [4.69, 9.17) is 4.74 Å². The highest BCUT2D eigenvalue weighted by molar-refractivity contribution is 7.90. The standard InChI is InChI=1S/C14H27NO5S/c1-3-20-13(16)12-5-7-14(17,8-6-12)11-15-9-4-10-21(2,18)19/h12,15,17H,3-11H2,1-2H3. The van der Waals surface area contributed by atoms with Crippen molar-refractivity contribution in [2.45, 2.75) is 44.6 Å². The monoisotopic (exact) mass is 321 g/mol. The Kier molecular flexibility index (Phi) is 7.09. The van der Waals surface area contributed by atoms with Gasteiger partial charge in [-0.2, -0.15) is 0 Å². The maximum Gasteiger partial charge on any atom is 0.308 e. The lowest BCUT2D eigenvalue weighted by Crippen LogP contribution is -2.45. The summed E-state index contributed by atoms with van der Waals surface area (Å²) in [7, 11) is -2.92. The van der Waals surface area contributed by atoms with Gasteiger partial charge in [0.2, 0.25) is 0 Å². The minimum atomic E-state index is -2.92. The van der Waals surface area contributed by atoms with Crippen LogP contribution in [0.2, 0.25) is 0 Å². The quantitative estimate of drug-likeness (QED) is 0.499. The van der Waals surface area contributed by atoms with Crippen LogP contribution in [0.3, 0.4) is 0 Å². The van der Waals surface area contributed by atoms with Gasteiger partial charge in [0.05, 0.1) is 23.9 Å². The highest BCUT2D eigenvalue weighted by Crippen LogP contribution is 2.32. The van der Waals surface area contributed by atoms with Crippen molar-refractivity contribution >= 4 is 15.8 Å². The van der Waals surface area contributed by atoms with Gasteiger partial charge in [0.15, 0.2) is 0 Å². The Labute approximate surface area is 127 Å². The van der Waals surface area contributed by atoms with Crippen molar-refractivity contribution in [3.05, 3.63) is 0 Å². The molecule has 1 aliphatic rings. The molecule has 1 aliphatic carbocycles. The van der Waals surface area contributed by atoms with E-state index in [1.165, 1.54) is 6.26 Å². The number of rotatable bonds is 8. The smallest absolute Gasteiger partial charge is 0.308 e. The van der Waals surface area contributed by atoms with Crippen molar-refractivity contribution in [1.29, 1.82) is 0 Å². The molecule has 1 saturated carbocycles. The Morgan fingerprint density at radius 1 is 1.38 bits per heavy atom. The van der Waals surface area contributed by atoms with Gasteiger partial charge in [-0.3, -0.25) is 4.79 Å². The summed E-state index contributed by atoms with van der Waals surface area (Å²) >= 11 is 0. The summed E-state index contributed by atoms with van der Waals surface area (Å²) < 4.78 is 27.0. The number of nitrogens with one attached hydrogen (secondary N) is 1. The first-order valence-electron chi connectivity index (χ1n) is 7.53. The third-order valence-electron chi connectivity index (χ3n) is 3.86. The van der Waals surface area contributed by atoms with E-state index in [0.717, 1.165) is 0 Å². The first kappa shape index (κ1) is 18.4. The van der Waals surface area contributed by atoms with Crippen LogP contribution in [-0.4, -0.2) is 56.8 Å². The molecule has 0 aromatic carbocycles. The van der Waals surface area contributed by atoms with E-state index in [1.807, 2.05) is 0 Å². The number of sulfone groups is 1. The van der Waals surface area contributed by atoms with Crippen molar-refractivity contribution in [2.24, 2.45) is 5.92 Å². The molecule has 0 saturated heterocycles. The summed E-state index contributed by atoms with van der Waals surface area (Å²) in [5, 5.41) is 13.5. The minimum absolute atomic E-state index is 0.101. The maximum atomic E-state index is 11.6. The zero-order chi connectivity index (χ0) is 15.9. The zero-order valence-corrected chi connectivity index (χ0v) is 13.7. The molecule has 21 heavy (non-hydrogen) atoms. The van der Waals surface area contributed by atoms with Crippen LogP contribution >= 0.6 is 0 Å². The normalized spacial score (nSPS) is 26.5. The van der Waals surface area contributed by atoms with Crippen LogP contribution in [0.5, 0.6) is 0 Å². The summed E-state index contributed by atoms with van der Waals surface area (Å²) in [4.78, 5) is 11.6. The molecule has 0 atom stereocenters. The Morgan fingerprint density at radius 3 is 2.52 bits per heavy atom. The van der Waals surface area contributed by atoms with E-state index in [2.05, 4.69) is 5.32 Å². The first-order chi connectivity index (χ1) is 9.76. The van der Waals surface area contributed by atoms with Crippen molar-refractivity contribution in [1.82, 2.24) is 5.32 Å². The second-order valence-corrected chi connectivity index (χ2v) is 8.17. The lowest BCUT2D eigenvalue weighted by atomic mass is 9.79. The number of esters is 1. The molecule has 0 radical (unpaired) electrons. The van der Waals surface area contributed by atoms with E-state index in [9.17, 15) is 18.3 Å². The fourth-order valence-electron chi connectivity index (χ4n) is 2.61.